The van der Waals surface area contributed by atoms with Crippen LogP contribution in [0.2, 0.25) is 0 Å². The van der Waals surface area contributed by atoms with Gasteiger partial charge >= 0.3 is 7.32 Å². The van der Waals surface area contributed by atoms with Crippen molar-refractivity contribution in [2.24, 2.45) is 0 Å². The van der Waals surface area contributed by atoms with E-state index in [1.54, 1.807) is 0 Å². The van der Waals surface area contributed by atoms with Crippen LogP contribution in [0.3, 0.4) is 0 Å². The molecule has 17 heteroatoms. The van der Waals surface area contributed by atoms with Crippen LogP contribution in [0, 0.1) is 75.6 Å². The summed E-state index contributed by atoms with van der Waals surface area (Å²) in [6, 6.07) is 8.43. The molecule has 1 aliphatic carbocycles. The summed E-state index contributed by atoms with van der Waals surface area (Å²) in [5, 5.41) is -5.68. The van der Waals surface area contributed by atoms with Crippen LogP contribution in [-0.4, -0.2) is 7.32 Å². The van der Waals surface area contributed by atoms with Gasteiger partial charge in [0, 0.05) is 33.9 Å². The molecular weight excluding hydrogens is 750 g/mol. The Hall–Kier alpha value is -6.13. The van der Waals surface area contributed by atoms with Gasteiger partial charge < -0.3 is 14.0 Å². The van der Waals surface area contributed by atoms with Crippen LogP contribution >= 0.6 is 0 Å². The lowest BCUT2D eigenvalue weighted by atomic mass is 10.00. The number of halogens is 13. The van der Waals surface area contributed by atoms with Crippen LogP contribution in [-0.2, 0) is 6.42 Å². The average Bonchev–Trinajstić information content (AvgIpc) is 3.54. The van der Waals surface area contributed by atoms with E-state index in [-0.39, 0.29) is 17.0 Å². The van der Waals surface area contributed by atoms with Gasteiger partial charge in [-0.1, -0.05) is 24.3 Å². The average molecular weight is 762 g/mol. The number of fused-ring (bicyclic) bond motifs is 6. The standard InChI is InChI=1S/C37H12BF13O3/c39-17-5-1-3-12-9-15-25(22(12)17)30(46)32(48)34(50)36(15)53-38(52-21-8-7-19(41)24-14(21)11-20(42)27(43)29(24)45)54-37-16-10-13-4-2-6-18(40)23(13)28(44)26(16)31(47)33(49)35(37)51/h1-8,10-11H,9H2. The van der Waals surface area contributed by atoms with Crippen molar-refractivity contribution in [1.29, 1.82) is 0 Å². The molecule has 0 aromatic heterocycles. The Bertz CT molecular complexity index is 2790. The van der Waals surface area contributed by atoms with Crippen molar-refractivity contribution in [1.82, 2.24) is 0 Å². The van der Waals surface area contributed by atoms with Gasteiger partial charge in [-0.15, -0.1) is 0 Å². The van der Waals surface area contributed by atoms with Crippen molar-refractivity contribution in [2.45, 2.75) is 6.42 Å². The van der Waals surface area contributed by atoms with E-state index in [4.69, 9.17) is 14.0 Å². The smallest absolute Gasteiger partial charge is 0.489 e. The Morgan fingerprint density at radius 3 is 1.81 bits per heavy atom. The second-order valence-electron chi connectivity index (χ2n) is 11.9. The number of rotatable bonds is 6. The molecule has 7 aromatic rings. The van der Waals surface area contributed by atoms with E-state index >= 15 is 30.7 Å². The normalized spacial score (nSPS) is 12.1. The van der Waals surface area contributed by atoms with Gasteiger partial charge in [0.25, 0.3) is 0 Å². The maximum Gasteiger partial charge on any atom is 0.864 e. The predicted octanol–water partition coefficient (Wildman–Crippen LogP) is 11.0. The van der Waals surface area contributed by atoms with Crippen molar-refractivity contribution in [2.75, 3.05) is 0 Å². The molecular formula is C37H12BF13O3. The van der Waals surface area contributed by atoms with Gasteiger partial charge in [-0.2, -0.15) is 8.78 Å². The first-order chi connectivity index (χ1) is 25.7. The molecule has 8 rings (SSSR count). The molecule has 1 aliphatic rings. The molecule has 272 valence electrons. The van der Waals surface area contributed by atoms with Crippen LogP contribution in [0.15, 0.2) is 60.7 Å². The lowest BCUT2D eigenvalue weighted by Gasteiger charge is -2.22. The highest BCUT2D eigenvalue weighted by Gasteiger charge is 2.41. The zero-order valence-electron chi connectivity index (χ0n) is 26.2. The number of hydrogen-bond donors (Lipinski definition) is 0. The van der Waals surface area contributed by atoms with Gasteiger partial charge in [-0.25, -0.2) is 48.3 Å². The zero-order chi connectivity index (χ0) is 38.5. The highest BCUT2D eigenvalue weighted by atomic mass is 19.2. The molecule has 54 heavy (non-hydrogen) atoms. The van der Waals surface area contributed by atoms with E-state index in [0.717, 1.165) is 30.3 Å². The van der Waals surface area contributed by atoms with Crippen molar-refractivity contribution in [3.63, 3.8) is 0 Å². The van der Waals surface area contributed by atoms with Crippen LogP contribution < -0.4 is 14.0 Å². The van der Waals surface area contributed by atoms with Gasteiger partial charge in [-0.3, -0.25) is 0 Å². The minimum atomic E-state index is -2.89. The SMILES string of the molecule is Fc1cc2c(OB(Oc3c(F)c(F)c(F)c4c3Cc3cccc(F)c3-4)Oc3c(F)c(F)c(F)c4c(F)c5c(F)cccc5cc34)ccc(F)c2c(F)c1F. The Labute approximate surface area is 292 Å². The second-order valence-corrected chi connectivity index (χ2v) is 11.9. The van der Waals surface area contributed by atoms with E-state index in [1.165, 1.54) is 12.1 Å². The van der Waals surface area contributed by atoms with E-state index in [9.17, 15) is 26.3 Å². The first kappa shape index (κ1) is 34.9. The topological polar surface area (TPSA) is 27.7 Å². The van der Waals surface area contributed by atoms with Gasteiger partial charge in [0.1, 0.15) is 34.8 Å². The summed E-state index contributed by atoms with van der Waals surface area (Å²) < 4.78 is 211. The Morgan fingerprint density at radius 2 is 1.06 bits per heavy atom. The highest BCUT2D eigenvalue weighted by Crippen LogP contribution is 2.47. The van der Waals surface area contributed by atoms with E-state index in [2.05, 4.69) is 0 Å². The summed E-state index contributed by atoms with van der Waals surface area (Å²) in [7, 11) is -2.89. The number of benzene rings is 7. The summed E-state index contributed by atoms with van der Waals surface area (Å²) in [6.07, 6.45) is -0.543. The molecule has 7 aromatic carbocycles. The molecule has 0 N–H and O–H groups in total. The molecule has 0 bridgehead atoms. The van der Waals surface area contributed by atoms with Crippen molar-refractivity contribution in [3.8, 4) is 28.4 Å². The minimum Gasteiger partial charge on any atom is -0.489 e. The Kier molecular flexibility index (Phi) is 8.08. The fraction of sp³-hybridized carbons (Fsp3) is 0.0270. The largest absolute Gasteiger partial charge is 0.864 e. The summed E-state index contributed by atoms with van der Waals surface area (Å²) in [4.78, 5) is 0. The van der Waals surface area contributed by atoms with Crippen LogP contribution in [0.4, 0.5) is 57.1 Å². The van der Waals surface area contributed by atoms with Gasteiger partial charge in [0.15, 0.2) is 46.5 Å². The molecule has 0 atom stereocenters. The quantitative estimate of drug-likeness (QED) is 0.0731. The highest BCUT2D eigenvalue weighted by molar-refractivity contribution is 6.40. The summed E-state index contributed by atoms with van der Waals surface area (Å²) >= 11 is 0. The maximum absolute atomic E-state index is 15.7. The van der Waals surface area contributed by atoms with Gasteiger partial charge in [0.2, 0.25) is 11.6 Å². The predicted molar refractivity (Wildman–Crippen MR) is 167 cm³/mol. The van der Waals surface area contributed by atoms with Gasteiger partial charge in [-0.05, 0) is 47.3 Å². The van der Waals surface area contributed by atoms with Crippen molar-refractivity contribution < 1.29 is 71.0 Å². The molecule has 0 heterocycles. The van der Waals surface area contributed by atoms with E-state index < -0.39 is 150 Å². The molecule has 0 spiro atoms. The lowest BCUT2D eigenvalue weighted by Crippen LogP contribution is -2.38. The monoisotopic (exact) mass is 762 g/mol. The molecule has 0 aliphatic heterocycles. The van der Waals surface area contributed by atoms with Crippen LogP contribution in [0.25, 0.3) is 43.4 Å². The first-order valence-electron chi connectivity index (χ1n) is 15.3. The molecule has 0 fully saturated rings. The van der Waals surface area contributed by atoms with E-state index in [1.807, 2.05) is 0 Å². The third kappa shape index (κ3) is 5.08. The second kappa shape index (κ2) is 12.5. The molecule has 0 saturated heterocycles. The lowest BCUT2D eigenvalue weighted by molar-refractivity contribution is 0.288. The van der Waals surface area contributed by atoms with Crippen LogP contribution in [0.1, 0.15) is 11.1 Å². The molecule has 0 saturated carbocycles. The molecule has 0 unspecified atom stereocenters. The Morgan fingerprint density at radius 1 is 0.426 bits per heavy atom. The van der Waals surface area contributed by atoms with Gasteiger partial charge in [0.05, 0.1) is 16.2 Å². The third-order valence-corrected chi connectivity index (χ3v) is 8.90. The fourth-order valence-corrected chi connectivity index (χ4v) is 6.54. The summed E-state index contributed by atoms with van der Waals surface area (Å²) in [6.45, 7) is 0. The van der Waals surface area contributed by atoms with Crippen LogP contribution in [0.5, 0.6) is 17.2 Å². The van der Waals surface area contributed by atoms with Crippen molar-refractivity contribution >= 4 is 39.6 Å². The zero-order valence-corrected chi connectivity index (χ0v) is 26.2. The third-order valence-electron chi connectivity index (χ3n) is 8.90. The van der Waals surface area contributed by atoms with Crippen molar-refractivity contribution in [3.05, 3.63) is 147 Å². The first-order valence-corrected chi connectivity index (χ1v) is 15.3. The molecule has 0 radical (unpaired) electrons. The summed E-state index contributed by atoms with van der Waals surface area (Å²) in [5.74, 6) is -28.2. The maximum atomic E-state index is 15.7. The molecule has 0 amide bonds. The fourth-order valence-electron chi connectivity index (χ4n) is 6.54. The Balaban J connectivity index is 1.36. The van der Waals surface area contributed by atoms with E-state index in [0.29, 0.717) is 12.1 Å². The molecule has 3 nitrogen and oxygen atoms in total. The minimum absolute atomic E-state index is 0.00173. The number of hydrogen-bond acceptors (Lipinski definition) is 3. The summed E-state index contributed by atoms with van der Waals surface area (Å²) in [5.41, 5.74) is -1.92.